The number of hydrogen-bond donors (Lipinski definition) is 2. The maximum atomic E-state index is 5.89. The highest BCUT2D eigenvalue weighted by molar-refractivity contribution is 7.10. The molecule has 3 N–H and O–H groups in total. The van der Waals surface area contributed by atoms with Gasteiger partial charge in [-0.1, -0.05) is 39.8 Å². The van der Waals surface area contributed by atoms with Gasteiger partial charge < -0.3 is 11.1 Å². The molecule has 1 aromatic carbocycles. The van der Waals surface area contributed by atoms with E-state index in [1.165, 1.54) is 17.5 Å². The van der Waals surface area contributed by atoms with Gasteiger partial charge in [0.25, 0.3) is 0 Å². The number of benzene rings is 1. The third-order valence-electron chi connectivity index (χ3n) is 3.68. The van der Waals surface area contributed by atoms with E-state index in [0.29, 0.717) is 0 Å². The van der Waals surface area contributed by atoms with Crippen molar-refractivity contribution in [1.29, 1.82) is 0 Å². The van der Waals surface area contributed by atoms with Crippen LogP contribution in [0.3, 0.4) is 0 Å². The molecule has 2 aromatic rings. The van der Waals surface area contributed by atoms with Crippen molar-refractivity contribution in [3.05, 3.63) is 52.0 Å². The van der Waals surface area contributed by atoms with Gasteiger partial charge in [0, 0.05) is 17.5 Å². The second-order valence-corrected chi connectivity index (χ2v) is 7.03. The minimum atomic E-state index is 0.844. The highest BCUT2D eigenvalue weighted by atomic mass is 32.1. The van der Waals surface area contributed by atoms with Crippen LogP contribution in [0.1, 0.15) is 48.9 Å². The molecule has 0 unspecified atom stereocenters. The first-order valence-electron chi connectivity index (χ1n) is 8.04. The van der Waals surface area contributed by atoms with Gasteiger partial charge in [-0.15, -0.1) is 11.3 Å². The molecule has 3 nitrogen and oxygen atoms in total. The van der Waals surface area contributed by atoms with Crippen LogP contribution < -0.4 is 11.1 Å². The third-order valence-corrected chi connectivity index (χ3v) is 4.53. The van der Waals surface area contributed by atoms with E-state index in [1.54, 1.807) is 17.5 Å². The van der Waals surface area contributed by atoms with Gasteiger partial charge >= 0.3 is 0 Å². The zero-order chi connectivity index (χ0) is 17.4. The summed E-state index contributed by atoms with van der Waals surface area (Å²) in [5.41, 5.74) is 10.4. The molecule has 126 valence electrons. The zero-order valence-electron chi connectivity index (χ0n) is 14.9. The molecule has 23 heavy (non-hydrogen) atoms. The summed E-state index contributed by atoms with van der Waals surface area (Å²) >= 11 is 1.65. The van der Waals surface area contributed by atoms with Crippen molar-refractivity contribution in [2.75, 3.05) is 11.1 Å². The van der Waals surface area contributed by atoms with E-state index < -0.39 is 0 Å². The van der Waals surface area contributed by atoms with Crippen LogP contribution in [0.5, 0.6) is 0 Å². The Morgan fingerprint density at radius 1 is 1.30 bits per heavy atom. The molecule has 0 saturated heterocycles. The fourth-order valence-electron chi connectivity index (χ4n) is 1.81. The van der Waals surface area contributed by atoms with Gasteiger partial charge in [-0.05, 0) is 48.7 Å². The Morgan fingerprint density at radius 2 is 1.96 bits per heavy atom. The highest BCUT2D eigenvalue weighted by Crippen LogP contribution is 2.23. The summed E-state index contributed by atoms with van der Waals surface area (Å²) < 4.78 is 0. The number of hydrogen-bond acceptors (Lipinski definition) is 4. The average Bonchev–Trinajstić information content (AvgIpc) is 2.93. The van der Waals surface area contributed by atoms with E-state index >= 15 is 0 Å². The molecule has 0 spiro atoms. The molecule has 0 amide bonds. The second kappa shape index (κ2) is 9.36. The van der Waals surface area contributed by atoms with Gasteiger partial charge in [0.15, 0.2) is 0 Å². The third kappa shape index (κ3) is 6.45. The number of thiazole rings is 1. The van der Waals surface area contributed by atoms with Crippen LogP contribution in [0.4, 0.5) is 11.5 Å². The number of nitrogen functional groups attached to an aromatic ring is 1. The lowest BCUT2D eigenvalue weighted by Gasteiger charge is -2.08. The fraction of sp³-hybridized carbons (Fsp3) is 0.421. The second-order valence-electron chi connectivity index (χ2n) is 6.09. The molecule has 0 atom stereocenters. The Kier molecular flexibility index (Phi) is 7.83. The fourth-order valence-corrected chi connectivity index (χ4v) is 2.57. The van der Waals surface area contributed by atoms with Crippen LogP contribution in [0.15, 0.2) is 30.3 Å². The van der Waals surface area contributed by atoms with E-state index in [0.717, 1.165) is 34.4 Å². The van der Waals surface area contributed by atoms with Gasteiger partial charge in [0.05, 0.1) is 5.01 Å². The maximum Gasteiger partial charge on any atom is 0.141 e. The summed E-state index contributed by atoms with van der Waals surface area (Å²) in [5, 5.41) is 6.08. The highest BCUT2D eigenvalue weighted by Gasteiger charge is 2.06. The molecule has 4 heteroatoms. The van der Waals surface area contributed by atoms with Crippen LogP contribution in [0.2, 0.25) is 0 Å². The van der Waals surface area contributed by atoms with Crippen molar-refractivity contribution in [3.63, 3.8) is 0 Å². The van der Waals surface area contributed by atoms with Crippen molar-refractivity contribution in [1.82, 2.24) is 4.98 Å². The van der Waals surface area contributed by atoms with E-state index in [4.69, 9.17) is 5.73 Å². The minimum Gasteiger partial charge on any atom is -0.399 e. The van der Waals surface area contributed by atoms with Crippen molar-refractivity contribution >= 4 is 22.8 Å². The molecule has 1 aromatic heterocycles. The van der Waals surface area contributed by atoms with E-state index in [9.17, 15) is 0 Å². The number of aryl methyl sites for hydroxylation is 2. The Morgan fingerprint density at radius 3 is 2.52 bits per heavy atom. The van der Waals surface area contributed by atoms with Crippen LogP contribution in [0, 0.1) is 19.8 Å². The minimum absolute atomic E-state index is 0.844. The molecule has 0 fully saturated rings. The first-order chi connectivity index (χ1) is 10.9. The van der Waals surface area contributed by atoms with Crippen LogP contribution in [-0.2, 0) is 6.42 Å². The predicted molar refractivity (Wildman–Crippen MR) is 104 cm³/mol. The Balaban J connectivity index is 0.000000463. The Labute approximate surface area is 144 Å². The lowest BCUT2D eigenvalue weighted by molar-refractivity contribution is 0.626. The summed E-state index contributed by atoms with van der Waals surface area (Å²) in [7, 11) is 0. The zero-order valence-corrected chi connectivity index (χ0v) is 15.8. The first kappa shape index (κ1) is 19.2. The molecule has 0 saturated carbocycles. The molecule has 0 aliphatic carbocycles. The first-order valence-corrected chi connectivity index (χ1v) is 8.92. The summed E-state index contributed by atoms with van der Waals surface area (Å²) in [6.07, 6.45) is 3.79. The number of nitrogens with zero attached hydrogens (tertiary/aromatic N) is 1. The van der Waals surface area contributed by atoms with E-state index in [2.05, 4.69) is 50.6 Å². The van der Waals surface area contributed by atoms with E-state index in [-0.39, 0.29) is 0 Å². The quantitative estimate of drug-likeness (QED) is 0.707. The topological polar surface area (TPSA) is 50.9 Å². The molecular weight excluding hydrogens is 302 g/mol. The van der Waals surface area contributed by atoms with E-state index in [1.807, 2.05) is 18.4 Å². The summed E-state index contributed by atoms with van der Waals surface area (Å²) in [4.78, 5) is 4.49. The van der Waals surface area contributed by atoms with Crippen molar-refractivity contribution in [2.24, 2.45) is 5.92 Å². The predicted octanol–water partition coefficient (Wildman–Crippen LogP) is 5.54. The molecule has 0 radical (unpaired) electrons. The van der Waals surface area contributed by atoms with Crippen LogP contribution in [0.25, 0.3) is 0 Å². The van der Waals surface area contributed by atoms with Gasteiger partial charge in [0.1, 0.15) is 5.82 Å². The van der Waals surface area contributed by atoms with Crippen molar-refractivity contribution in [3.8, 4) is 0 Å². The molecule has 0 aliphatic heterocycles. The van der Waals surface area contributed by atoms with Gasteiger partial charge in [-0.2, -0.15) is 0 Å². The normalized spacial score (nSPS) is 10.2. The number of aromatic nitrogens is 1. The van der Waals surface area contributed by atoms with Gasteiger partial charge in [-0.25, -0.2) is 4.98 Å². The van der Waals surface area contributed by atoms with Crippen molar-refractivity contribution in [2.45, 2.75) is 47.5 Å². The maximum absolute atomic E-state index is 5.89. The Hall–Kier alpha value is -1.81. The summed E-state index contributed by atoms with van der Waals surface area (Å²) in [6, 6.07) is 4.17. The molecular formula is C19H29N3S. The largest absolute Gasteiger partial charge is 0.399 e. The lowest BCUT2D eigenvalue weighted by atomic mass is 10.0. The molecule has 0 aliphatic rings. The SMILES string of the molecule is C=CNc1csc(Cc2cc(C)c(N)cc2C)n1.CCC(C)C. The molecule has 0 bridgehead atoms. The lowest BCUT2D eigenvalue weighted by Crippen LogP contribution is -1.97. The summed E-state index contributed by atoms with van der Waals surface area (Å²) in [5.74, 6) is 1.74. The van der Waals surface area contributed by atoms with Crippen molar-refractivity contribution < 1.29 is 0 Å². The Bertz CT molecular complexity index is 630. The van der Waals surface area contributed by atoms with Gasteiger partial charge in [-0.3, -0.25) is 0 Å². The molecule has 2 rings (SSSR count). The summed E-state index contributed by atoms with van der Waals surface area (Å²) in [6.45, 7) is 14.4. The van der Waals surface area contributed by atoms with Crippen LogP contribution in [-0.4, -0.2) is 4.98 Å². The number of rotatable bonds is 5. The number of nitrogens with one attached hydrogen (secondary N) is 1. The standard InChI is InChI=1S/C14H17N3S.C5H12/c1-4-16-13-8-18-14(17-13)7-11-5-10(3)12(15)6-9(11)2;1-4-5(2)3/h4-6,8,16H,1,7,15H2,2-3H3;5H,4H2,1-3H3. The number of nitrogens with two attached hydrogens (primary N) is 1. The number of anilines is 2. The van der Waals surface area contributed by atoms with Gasteiger partial charge in [0.2, 0.25) is 0 Å². The smallest absolute Gasteiger partial charge is 0.141 e. The average molecular weight is 332 g/mol. The van der Waals surface area contributed by atoms with Crippen LogP contribution >= 0.6 is 11.3 Å². The molecule has 1 heterocycles. The monoisotopic (exact) mass is 331 g/mol.